The van der Waals surface area contributed by atoms with E-state index in [1.54, 1.807) is 17.6 Å². The van der Waals surface area contributed by atoms with Crippen LogP contribution in [0.3, 0.4) is 0 Å². The number of anilines is 3. The quantitative estimate of drug-likeness (QED) is 0.380. The van der Waals surface area contributed by atoms with E-state index in [0.29, 0.717) is 23.5 Å². The lowest BCUT2D eigenvalue weighted by Gasteiger charge is -2.14. The third-order valence-corrected chi connectivity index (χ3v) is 4.62. The molecular weight excluding hydrogens is 428 g/mol. The highest BCUT2D eigenvalue weighted by Crippen LogP contribution is 2.33. The van der Waals surface area contributed by atoms with Crippen LogP contribution in [-0.2, 0) is 6.18 Å². The third-order valence-electron chi connectivity index (χ3n) is 4.62. The summed E-state index contributed by atoms with van der Waals surface area (Å²) in [4.78, 5) is 13.2. The molecular formula is C21H18F4N6O. The van der Waals surface area contributed by atoms with Crippen molar-refractivity contribution in [2.24, 2.45) is 0 Å². The Balaban J connectivity index is 1.76. The average molecular weight is 446 g/mol. The Labute approximate surface area is 179 Å². The van der Waals surface area contributed by atoms with Gasteiger partial charge in [0, 0.05) is 18.3 Å². The van der Waals surface area contributed by atoms with Crippen LogP contribution in [0, 0.1) is 12.7 Å². The van der Waals surface area contributed by atoms with E-state index < -0.39 is 17.6 Å². The maximum Gasteiger partial charge on any atom is 0.419 e. The van der Waals surface area contributed by atoms with Crippen LogP contribution in [0.15, 0.2) is 48.5 Å². The minimum Gasteiger partial charge on any atom is -0.395 e. The Morgan fingerprint density at radius 1 is 1.03 bits per heavy atom. The molecule has 2 heterocycles. The first-order valence-corrected chi connectivity index (χ1v) is 9.58. The van der Waals surface area contributed by atoms with E-state index in [9.17, 15) is 17.6 Å². The molecule has 0 aliphatic carbocycles. The molecule has 32 heavy (non-hydrogen) atoms. The minimum absolute atomic E-state index is 0.0271. The molecule has 0 aliphatic rings. The molecule has 0 atom stereocenters. The number of halogens is 4. The number of para-hydroxylation sites is 2. The first kappa shape index (κ1) is 21.5. The van der Waals surface area contributed by atoms with E-state index in [4.69, 9.17) is 5.11 Å². The largest absolute Gasteiger partial charge is 0.419 e. The highest BCUT2D eigenvalue weighted by Gasteiger charge is 2.34. The van der Waals surface area contributed by atoms with Gasteiger partial charge in [-0.05, 0) is 37.3 Å². The second kappa shape index (κ2) is 8.42. The van der Waals surface area contributed by atoms with Crippen LogP contribution in [0.25, 0.3) is 16.9 Å². The van der Waals surface area contributed by atoms with E-state index in [1.807, 2.05) is 24.3 Å². The predicted octanol–water partition coefficient (Wildman–Crippen LogP) is 4.43. The lowest BCUT2D eigenvalue weighted by Crippen LogP contribution is -2.11. The topological polar surface area (TPSA) is 87.9 Å². The lowest BCUT2D eigenvalue weighted by atomic mass is 10.2. The number of aliphatic hydroxyl groups is 1. The number of imidazole rings is 1. The SMILES string of the molecule is Cc1nc2ccccc2n1-c1cc(NCCO)nc(Nc2ccc(C(F)(F)F)c(F)c2)n1. The van der Waals surface area contributed by atoms with Gasteiger partial charge in [-0.1, -0.05) is 12.1 Å². The third kappa shape index (κ3) is 4.33. The first-order valence-electron chi connectivity index (χ1n) is 9.58. The van der Waals surface area contributed by atoms with Gasteiger partial charge in [-0.25, -0.2) is 9.37 Å². The molecule has 166 valence electrons. The molecule has 11 heteroatoms. The summed E-state index contributed by atoms with van der Waals surface area (Å²) in [5, 5.41) is 14.8. The number of nitrogens with zero attached hydrogens (tertiary/aromatic N) is 4. The van der Waals surface area contributed by atoms with Crippen LogP contribution in [0.2, 0.25) is 0 Å². The summed E-state index contributed by atoms with van der Waals surface area (Å²) in [7, 11) is 0. The maximum absolute atomic E-state index is 14.0. The van der Waals surface area contributed by atoms with Gasteiger partial charge in [0.15, 0.2) is 0 Å². The van der Waals surface area contributed by atoms with E-state index in [1.165, 1.54) is 0 Å². The van der Waals surface area contributed by atoms with Crippen LogP contribution in [0.5, 0.6) is 0 Å². The van der Waals surface area contributed by atoms with Crippen molar-refractivity contribution in [2.45, 2.75) is 13.1 Å². The van der Waals surface area contributed by atoms with Gasteiger partial charge in [-0.2, -0.15) is 23.1 Å². The summed E-state index contributed by atoms with van der Waals surface area (Å²) in [6, 6.07) is 11.6. The Morgan fingerprint density at radius 2 is 1.81 bits per heavy atom. The zero-order valence-corrected chi connectivity index (χ0v) is 16.8. The summed E-state index contributed by atoms with van der Waals surface area (Å²) in [6.07, 6.45) is -4.79. The van der Waals surface area contributed by atoms with Crippen LogP contribution in [0.1, 0.15) is 11.4 Å². The monoisotopic (exact) mass is 446 g/mol. The fraction of sp³-hybridized carbons (Fsp3) is 0.190. The molecule has 0 saturated heterocycles. The number of hydrogen-bond donors (Lipinski definition) is 3. The average Bonchev–Trinajstić information content (AvgIpc) is 3.07. The van der Waals surface area contributed by atoms with Crippen molar-refractivity contribution >= 4 is 28.5 Å². The second-order valence-corrected chi connectivity index (χ2v) is 6.89. The van der Waals surface area contributed by atoms with Crippen LogP contribution < -0.4 is 10.6 Å². The molecule has 2 aromatic carbocycles. The highest BCUT2D eigenvalue weighted by molar-refractivity contribution is 5.78. The fourth-order valence-electron chi connectivity index (χ4n) is 3.27. The predicted molar refractivity (Wildman–Crippen MR) is 112 cm³/mol. The van der Waals surface area contributed by atoms with Gasteiger partial charge in [0.1, 0.15) is 23.3 Å². The molecule has 0 saturated carbocycles. The van der Waals surface area contributed by atoms with Crippen molar-refractivity contribution in [1.29, 1.82) is 0 Å². The number of fused-ring (bicyclic) bond motifs is 1. The van der Waals surface area contributed by atoms with Gasteiger partial charge in [-0.3, -0.25) is 4.57 Å². The maximum atomic E-state index is 14.0. The van der Waals surface area contributed by atoms with E-state index in [-0.39, 0.29) is 24.8 Å². The standard InChI is InChI=1S/C21H18F4N6O/c1-12-27-16-4-2-3-5-17(16)31(12)19-11-18(26-8-9-32)29-20(30-19)28-13-6-7-14(15(22)10-13)21(23,24)25/h2-7,10-11,32H,8-9H2,1H3,(H2,26,28,29,30). The van der Waals surface area contributed by atoms with Gasteiger partial charge in [0.25, 0.3) is 0 Å². The van der Waals surface area contributed by atoms with Crippen molar-refractivity contribution in [2.75, 3.05) is 23.8 Å². The Morgan fingerprint density at radius 3 is 2.53 bits per heavy atom. The summed E-state index contributed by atoms with van der Waals surface area (Å²) < 4.78 is 54.3. The molecule has 0 spiro atoms. The van der Waals surface area contributed by atoms with Gasteiger partial charge >= 0.3 is 6.18 Å². The molecule has 4 rings (SSSR count). The van der Waals surface area contributed by atoms with Gasteiger partial charge in [0.05, 0.1) is 23.2 Å². The molecule has 2 aromatic heterocycles. The Hall–Kier alpha value is -3.73. The Bertz CT molecular complexity index is 1270. The van der Waals surface area contributed by atoms with Gasteiger partial charge < -0.3 is 15.7 Å². The molecule has 0 fully saturated rings. The van der Waals surface area contributed by atoms with E-state index >= 15 is 0 Å². The molecule has 0 amide bonds. The molecule has 0 radical (unpaired) electrons. The van der Waals surface area contributed by atoms with Crippen LogP contribution in [0.4, 0.5) is 35.0 Å². The number of benzene rings is 2. The van der Waals surface area contributed by atoms with Crippen molar-refractivity contribution in [3.05, 3.63) is 65.7 Å². The first-order chi connectivity index (χ1) is 15.3. The normalized spacial score (nSPS) is 11.7. The number of aliphatic hydroxyl groups excluding tert-OH is 1. The molecule has 0 unspecified atom stereocenters. The number of alkyl halides is 3. The number of aryl methyl sites for hydroxylation is 1. The molecule has 0 aliphatic heterocycles. The van der Waals surface area contributed by atoms with Crippen LogP contribution >= 0.6 is 0 Å². The summed E-state index contributed by atoms with van der Waals surface area (Å²) in [6.45, 7) is 1.88. The summed E-state index contributed by atoms with van der Waals surface area (Å²) in [5.74, 6) is 0.0650. The molecule has 7 nitrogen and oxygen atoms in total. The van der Waals surface area contributed by atoms with Crippen molar-refractivity contribution in [1.82, 2.24) is 19.5 Å². The lowest BCUT2D eigenvalue weighted by molar-refractivity contribution is -0.139. The van der Waals surface area contributed by atoms with E-state index in [0.717, 1.165) is 23.2 Å². The van der Waals surface area contributed by atoms with Crippen LogP contribution in [-0.4, -0.2) is 37.8 Å². The van der Waals surface area contributed by atoms with Gasteiger partial charge in [0.2, 0.25) is 5.95 Å². The number of hydrogen-bond acceptors (Lipinski definition) is 6. The molecule has 3 N–H and O–H groups in total. The molecule has 4 aromatic rings. The van der Waals surface area contributed by atoms with Crippen molar-refractivity contribution < 1.29 is 22.7 Å². The number of rotatable bonds is 6. The number of nitrogens with one attached hydrogen (secondary N) is 2. The summed E-state index contributed by atoms with van der Waals surface area (Å²) in [5.41, 5.74) is 0.243. The van der Waals surface area contributed by atoms with E-state index in [2.05, 4.69) is 25.6 Å². The zero-order valence-electron chi connectivity index (χ0n) is 16.8. The smallest absolute Gasteiger partial charge is 0.395 e. The Kier molecular flexibility index (Phi) is 5.66. The van der Waals surface area contributed by atoms with Crippen molar-refractivity contribution in [3.8, 4) is 5.82 Å². The van der Waals surface area contributed by atoms with Crippen molar-refractivity contribution in [3.63, 3.8) is 0 Å². The minimum atomic E-state index is -4.79. The second-order valence-electron chi connectivity index (χ2n) is 6.89. The van der Waals surface area contributed by atoms with Gasteiger partial charge in [-0.15, -0.1) is 0 Å². The fourth-order valence-corrected chi connectivity index (χ4v) is 3.27. The molecule has 0 bridgehead atoms. The zero-order chi connectivity index (χ0) is 22.9. The number of aromatic nitrogens is 4. The highest BCUT2D eigenvalue weighted by atomic mass is 19.4. The summed E-state index contributed by atoms with van der Waals surface area (Å²) >= 11 is 0.